The molecule has 0 bridgehead atoms. The Labute approximate surface area is 188 Å². The molecule has 0 aromatic heterocycles. The molecule has 1 N–H and O–H groups in total. The number of hydrogen-bond acceptors (Lipinski definition) is 2. The summed E-state index contributed by atoms with van der Waals surface area (Å²) in [6.07, 6.45) is -3.45. The molecule has 0 heterocycles. The molecular weight excluding hydrogens is 439 g/mol. The van der Waals surface area contributed by atoms with Crippen molar-refractivity contribution in [1.82, 2.24) is 0 Å². The van der Waals surface area contributed by atoms with E-state index in [0.717, 1.165) is 18.2 Å². The molecule has 3 aromatic carbocycles. The lowest BCUT2D eigenvalue weighted by atomic mass is 9.95. The monoisotopic (exact) mass is 460 g/mol. The topological polar surface area (TPSA) is 29.5 Å². The Hall–Kier alpha value is -3.19. The highest BCUT2D eigenvalue weighted by atomic mass is 19.3. The van der Waals surface area contributed by atoms with Crippen LogP contribution in [0.4, 0.5) is 22.0 Å². The van der Waals surface area contributed by atoms with Crippen molar-refractivity contribution in [3.05, 3.63) is 101 Å². The lowest BCUT2D eigenvalue weighted by molar-refractivity contribution is 0.151. The van der Waals surface area contributed by atoms with Gasteiger partial charge in [-0.25, -0.2) is 22.0 Å². The van der Waals surface area contributed by atoms with Crippen LogP contribution in [-0.2, 0) is 6.42 Å². The molecule has 1 fully saturated rings. The summed E-state index contributed by atoms with van der Waals surface area (Å²) in [4.78, 5) is 0. The van der Waals surface area contributed by atoms with Gasteiger partial charge in [0.2, 0.25) is 0 Å². The average Bonchev–Trinajstić information content (AvgIpc) is 3.63. The molecule has 1 saturated carbocycles. The van der Waals surface area contributed by atoms with Crippen molar-refractivity contribution in [3.63, 3.8) is 0 Å². The second kappa shape index (κ2) is 9.75. The summed E-state index contributed by atoms with van der Waals surface area (Å²) in [6.45, 7) is 0. The molecule has 1 aliphatic rings. The lowest BCUT2D eigenvalue weighted by Crippen LogP contribution is -2.14. The van der Waals surface area contributed by atoms with Gasteiger partial charge in [-0.3, -0.25) is 0 Å². The first-order valence-corrected chi connectivity index (χ1v) is 10.5. The van der Waals surface area contributed by atoms with Crippen LogP contribution in [0.15, 0.2) is 72.6 Å². The van der Waals surface area contributed by atoms with Crippen molar-refractivity contribution in [3.8, 4) is 11.5 Å². The maximum absolute atomic E-state index is 15.3. The first kappa shape index (κ1) is 23.0. The van der Waals surface area contributed by atoms with Gasteiger partial charge < -0.3 is 9.84 Å². The average molecular weight is 460 g/mol. The first-order valence-electron chi connectivity index (χ1n) is 10.5. The van der Waals surface area contributed by atoms with Crippen LogP contribution < -0.4 is 4.74 Å². The van der Waals surface area contributed by atoms with E-state index in [1.165, 1.54) is 12.1 Å². The molecular formula is C26H21F5O2. The van der Waals surface area contributed by atoms with Gasteiger partial charge in [-0.1, -0.05) is 36.4 Å². The fraction of sp³-hybridized carbons (Fsp3) is 0.231. The SMILES string of the molecule is OC(Cc1ccc(F)c(Oc2ccccc2)c1)C(F)=C(c1ccc(C(F)F)cc1F)C1CC1. The highest BCUT2D eigenvalue weighted by molar-refractivity contribution is 5.72. The lowest BCUT2D eigenvalue weighted by Gasteiger charge is -2.16. The molecule has 33 heavy (non-hydrogen) atoms. The van der Waals surface area contributed by atoms with Crippen molar-refractivity contribution in [2.24, 2.45) is 5.92 Å². The smallest absolute Gasteiger partial charge is 0.263 e. The summed E-state index contributed by atoms with van der Waals surface area (Å²) < 4.78 is 75.2. The van der Waals surface area contributed by atoms with Crippen LogP contribution in [0.2, 0.25) is 0 Å². The van der Waals surface area contributed by atoms with Crippen molar-refractivity contribution >= 4 is 5.57 Å². The summed E-state index contributed by atoms with van der Waals surface area (Å²) in [6, 6.07) is 15.3. The quantitative estimate of drug-likeness (QED) is 0.355. The molecule has 3 aromatic rings. The second-order valence-corrected chi connectivity index (χ2v) is 7.98. The number of rotatable bonds is 8. The predicted molar refractivity (Wildman–Crippen MR) is 115 cm³/mol. The minimum absolute atomic E-state index is 0.0105. The molecule has 4 rings (SSSR count). The Kier molecular flexibility index (Phi) is 6.79. The number of allylic oxidation sites excluding steroid dienone is 1. The molecule has 1 atom stereocenters. The zero-order valence-electron chi connectivity index (χ0n) is 17.4. The van der Waals surface area contributed by atoms with Gasteiger partial charge in [-0.2, -0.15) is 0 Å². The third kappa shape index (κ3) is 5.42. The summed E-state index contributed by atoms with van der Waals surface area (Å²) >= 11 is 0. The standard InChI is InChI=1S/C26H21F5O2/c27-20-11-6-15(13-23(20)33-18-4-2-1-3-5-18)12-22(32)25(29)24(16-7-8-16)19-10-9-17(26(30)31)14-21(19)28/h1-6,9-11,13-14,16,22,26,32H,7-8,12H2. The number of aliphatic hydroxyl groups is 1. The fourth-order valence-electron chi connectivity index (χ4n) is 3.66. The van der Waals surface area contributed by atoms with E-state index >= 15 is 4.39 Å². The third-order valence-corrected chi connectivity index (χ3v) is 5.47. The van der Waals surface area contributed by atoms with Crippen LogP contribution in [0, 0.1) is 17.6 Å². The Morgan fingerprint density at radius 1 is 0.939 bits per heavy atom. The van der Waals surface area contributed by atoms with E-state index in [2.05, 4.69) is 0 Å². The van der Waals surface area contributed by atoms with Crippen LogP contribution in [0.1, 0.15) is 36.0 Å². The van der Waals surface area contributed by atoms with Crippen molar-refractivity contribution in [2.75, 3.05) is 0 Å². The van der Waals surface area contributed by atoms with Crippen molar-refractivity contribution in [2.45, 2.75) is 31.8 Å². The molecule has 1 unspecified atom stereocenters. The van der Waals surface area contributed by atoms with Crippen LogP contribution in [0.5, 0.6) is 11.5 Å². The van der Waals surface area contributed by atoms with Crippen LogP contribution in [-0.4, -0.2) is 11.2 Å². The van der Waals surface area contributed by atoms with E-state index in [0.29, 0.717) is 30.2 Å². The Morgan fingerprint density at radius 3 is 2.30 bits per heavy atom. The van der Waals surface area contributed by atoms with Crippen LogP contribution >= 0.6 is 0 Å². The highest BCUT2D eigenvalue weighted by Crippen LogP contribution is 2.46. The van der Waals surface area contributed by atoms with E-state index in [4.69, 9.17) is 4.74 Å². The molecule has 2 nitrogen and oxygen atoms in total. The van der Waals surface area contributed by atoms with Crippen LogP contribution in [0.3, 0.4) is 0 Å². The van der Waals surface area contributed by atoms with E-state index in [9.17, 15) is 22.7 Å². The van der Waals surface area contributed by atoms with E-state index < -0.39 is 35.6 Å². The molecule has 0 radical (unpaired) electrons. The number of para-hydroxylation sites is 1. The van der Waals surface area contributed by atoms with Crippen molar-refractivity contribution < 1.29 is 31.8 Å². The van der Waals surface area contributed by atoms with E-state index in [-0.39, 0.29) is 29.2 Å². The predicted octanol–water partition coefficient (Wildman–Crippen LogP) is 7.39. The third-order valence-electron chi connectivity index (χ3n) is 5.47. The molecule has 0 aliphatic heterocycles. The number of ether oxygens (including phenoxy) is 1. The summed E-state index contributed by atoms with van der Waals surface area (Å²) in [5.74, 6) is -2.46. The van der Waals surface area contributed by atoms with Gasteiger partial charge in [0.25, 0.3) is 6.43 Å². The van der Waals surface area contributed by atoms with Gasteiger partial charge in [0.1, 0.15) is 23.5 Å². The zero-order valence-corrected chi connectivity index (χ0v) is 17.4. The largest absolute Gasteiger partial charge is 0.454 e. The molecule has 0 amide bonds. The summed E-state index contributed by atoms with van der Waals surface area (Å²) in [5.41, 5.74) is -0.229. The number of hydrogen-bond donors (Lipinski definition) is 1. The van der Waals surface area contributed by atoms with Crippen LogP contribution in [0.25, 0.3) is 5.57 Å². The molecule has 7 heteroatoms. The summed E-state index contributed by atoms with van der Waals surface area (Å²) in [7, 11) is 0. The fourth-order valence-corrected chi connectivity index (χ4v) is 3.66. The molecule has 172 valence electrons. The molecule has 0 spiro atoms. The summed E-state index contributed by atoms with van der Waals surface area (Å²) in [5, 5.41) is 10.6. The first-order chi connectivity index (χ1) is 15.8. The maximum Gasteiger partial charge on any atom is 0.263 e. The van der Waals surface area contributed by atoms with Gasteiger partial charge in [0.05, 0.1) is 0 Å². The van der Waals surface area contributed by atoms with Crippen molar-refractivity contribution in [1.29, 1.82) is 0 Å². The number of halogens is 5. The van der Waals surface area contributed by atoms with E-state index in [1.54, 1.807) is 30.3 Å². The van der Waals surface area contributed by atoms with Gasteiger partial charge in [-0.05, 0) is 60.2 Å². The Morgan fingerprint density at radius 2 is 1.67 bits per heavy atom. The van der Waals surface area contributed by atoms with Gasteiger partial charge in [-0.15, -0.1) is 0 Å². The van der Waals surface area contributed by atoms with Gasteiger partial charge in [0, 0.05) is 17.5 Å². The number of benzene rings is 3. The minimum Gasteiger partial charge on any atom is -0.454 e. The Balaban J connectivity index is 1.59. The number of aliphatic hydroxyl groups excluding tert-OH is 1. The Bertz CT molecular complexity index is 1160. The number of alkyl halides is 2. The van der Waals surface area contributed by atoms with Gasteiger partial charge >= 0.3 is 0 Å². The normalized spacial score (nSPS) is 15.4. The zero-order chi connectivity index (χ0) is 23.5. The molecule has 0 saturated heterocycles. The highest BCUT2D eigenvalue weighted by Gasteiger charge is 2.33. The second-order valence-electron chi connectivity index (χ2n) is 7.98. The minimum atomic E-state index is -2.84. The maximum atomic E-state index is 15.3. The van der Waals surface area contributed by atoms with E-state index in [1.807, 2.05) is 0 Å². The molecule has 1 aliphatic carbocycles. The van der Waals surface area contributed by atoms with Gasteiger partial charge in [0.15, 0.2) is 11.6 Å².